The van der Waals surface area contributed by atoms with Gasteiger partial charge in [-0.1, -0.05) is 23.4 Å². The van der Waals surface area contributed by atoms with Gasteiger partial charge in [0.2, 0.25) is 0 Å². The summed E-state index contributed by atoms with van der Waals surface area (Å²) in [5, 5.41) is 16.1. The van der Waals surface area contributed by atoms with Gasteiger partial charge >= 0.3 is 0 Å². The highest BCUT2D eigenvalue weighted by molar-refractivity contribution is 7.91. The van der Waals surface area contributed by atoms with Crippen LogP contribution in [0.25, 0.3) is 0 Å². The van der Waals surface area contributed by atoms with Crippen LogP contribution in [-0.4, -0.2) is 72.8 Å². The molecule has 39 heavy (non-hydrogen) atoms. The molecule has 0 spiro atoms. The Balaban J connectivity index is 1.49. The molecule has 1 unspecified atom stereocenters. The van der Waals surface area contributed by atoms with E-state index in [9.17, 15) is 27.2 Å². The Kier molecular flexibility index (Phi) is 9.03. The van der Waals surface area contributed by atoms with Crippen molar-refractivity contribution in [3.8, 4) is 0 Å². The van der Waals surface area contributed by atoms with Crippen molar-refractivity contribution in [3.63, 3.8) is 0 Å². The van der Waals surface area contributed by atoms with Crippen LogP contribution in [0.3, 0.4) is 0 Å². The van der Waals surface area contributed by atoms with E-state index in [1.165, 1.54) is 12.1 Å². The van der Waals surface area contributed by atoms with Crippen molar-refractivity contribution in [2.24, 2.45) is 5.16 Å². The number of aromatic nitrogens is 1. The molecule has 1 amide bonds. The van der Waals surface area contributed by atoms with Crippen LogP contribution in [0, 0.1) is 18.6 Å². The second-order valence-electron chi connectivity index (χ2n) is 9.53. The van der Waals surface area contributed by atoms with Crippen molar-refractivity contribution in [1.29, 1.82) is 0 Å². The molecule has 8 nitrogen and oxygen atoms in total. The zero-order valence-electron chi connectivity index (χ0n) is 21.5. The number of oxime groups is 1. The molecule has 206 valence electrons. The lowest BCUT2D eigenvalue weighted by molar-refractivity contribution is 0.0948. The van der Waals surface area contributed by atoms with Gasteiger partial charge in [0, 0.05) is 67.6 Å². The van der Waals surface area contributed by atoms with Gasteiger partial charge in [-0.2, -0.15) is 0 Å². The summed E-state index contributed by atoms with van der Waals surface area (Å²) in [6.07, 6.45) is 1.70. The summed E-state index contributed by atoms with van der Waals surface area (Å²) in [4.78, 5) is 18.8. The van der Waals surface area contributed by atoms with Gasteiger partial charge in [-0.15, -0.1) is 0 Å². The Hall–Kier alpha value is -3.70. The SMILES string of the molecule is Cc1cc(/C(CC(c2ccc(C(=O)NCCN3CCS(=O)(=O)CC3)cc2)c2ccc(F)cc2F)=N/O)ccn1. The first kappa shape index (κ1) is 28.3. The van der Waals surface area contributed by atoms with Crippen molar-refractivity contribution in [2.75, 3.05) is 37.7 Å². The van der Waals surface area contributed by atoms with E-state index in [1.807, 2.05) is 4.90 Å². The maximum atomic E-state index is 14.9. The molecule has 1 aromatic heterocycles. The summed E-state index contributed by atoms with van der Waals surface area (Å²) in [7, 11) is -2.96. The van der Waals surface area contributed by atoms with Crippen LogP contribution in [0.5, 0.6) is 0 Å². The van der Waals surface area contributed by atoms with Crippen LogP contribution >= 0.6 is 0 Å². The third-order valence-electron chi connectivity index (χ3n) is 6.81. The fourth-order valence-corrected chi connectivity index (χ4v) is 5.87. The van der Waals surface area contributed by atoms with Gasteiger partial charge in [-0.25, -0.2) is 17.2 Å². The van der Waals surface area contributed by atoms with E-state index < -0.39 is 27.4 Å². The van der Waals surface area contributed by atoms with Gasteiger partial charge in [0.15, 0.2) is 9.84 Å². The first-order chi connectivity index (χ1) is 18.6. The third-order valence-corrected chi connectivity index (χ3v) is 8.42. The highest BCUT2D eigenvalue weighted by Gasteiger charge is 2.23. The molecule has 0 saturated carbocycles. The first-order valence-corrected chi connectivity index (χ1v) is 14.4. The van der Waals surface area contributed by atoms with Crippen LogP contribution < -0.4 is 5.32 Å². The standard InChI is InChI=1S/C28H30F2N4O4S/c1-19-16-22(8-9-31-19)27(33-36)18-25(24-7-6-23(29)17-26(24)30)20-2-4-21(5-3-20)28(35)32-10-11-34-12-14-39(37,38)15-13-34/h2-9,16-17,25,36H,10-15,18H2,1H3,(H,32,35)/b33-27+. The normalized spacial score (nSPS) is 16.5. The zero-order chi connectivity index (χ0) is 28.0. The smallest absolute Gasteiger partial charge is 0.251 e. The Labute approximate surface area is 226 Å². The molecule has 11 heteroatoms. The Morgan fingerprint density at radius 1 is 1.08 bits per heavy atom. The van der Waals surface area contributed by atoms with E-state index in [0.717, 1.165) is 11.8 Å². The predicted octanol–water partition coefficient (Wildman–Crippen LogP) is 3.53. The zero-order valence-corrected chi connectivity index (χ0v) is 22.3. The number of pyridine rings is 1. The lowest BCUT2D eigenvalue weighted by Gasteiger charge is -2.26. The molecule has 2 heterocycles. The molecule has 1 fully saturated rings. The summed E-state index contributed by atoms with van der Waals surface area (Å²) in [5.74, 6) is -2.09. The second kappa shape index (κ2) is 12.4. The lowest BCUT2D eigenvalue weighted by Crippen LogP contribution is -2.43. The summed E-state index contributed by atoms with van der Waals surface area (Å²) >= 11 is 0. The van der Waals surface area contributed by atoms with Crippen molar-refractivity contribution < 1.29 is 27.2 Å². The maximum Gasteiger partial charge on any atom is 0.251 e. The Morgan fingerprint density at radius 2 is 1.79 bits per heavy atom. The number of aryl methyl sites for hydroxylation is 1. The Bertz CT molecular complexity index is 1450. The minimum Gasteiger partial charge on any atom is -0.411 e. The van der Waals surface area contributed by atoms with E-state index in [1.54, 1.807) is 49.5 Å². The minimum atomic E-state index is -2.96. The monoisotopic (exact) mass is 556 g/mol. The fourth-order valence-electron chi connectivity index (χ4n) is 4.60. The van der Waals surface area contributed by atoms with E-state index in [-0.39, 0.29) is 29.4 Å². The number of benzene rings is 2. The fraction of sp³-hybridized carbons (Fsp3) is 0.321. The number of carbonyl (C=O) groups excluding carboxylic acids is 1. The largest absolute Gasteiger partial charge is 0.411 e. The van der Waals surface area contributed by atoms with Crippen LogP contribution in [0.4, 0.5) is 8.78 Å². The number of nitrogens with one attached hydrogen (secondary N) is 1. The van der Waals surface area contributed by atoms with E-state index in [0.29, 0.717) is 48.6 Å². The molecule has 3 aromatic rings. The molecular weight excluding hydrogens is 526 g/mol. The van der Waals surface area contributed by atoms with Crippen LogP contribution in [-0.2, 0) is 9.84 Å². The van der Waals surface area contributed by atoms with Crippen LogP contribution in [0.15, 0.2) is 65.9 Å². The lowest BCUT2D eigenvalue weighted by atomic mass is 9.85. The van der Waals surface area contributed by atoms with E-state index in [4.69, 9.17) is 0 Å². The molecule has 0 aliphatic carbocycles. The summed E-state index contributed by atoms with van der Waals surface area (Å²) < 4.78 is 51.7. The number of amides is 1. The molecule has 0 radical (unpaired) electrons. The van der Waals surface area contributed by atoms with E-state index >= 15 is 0 Å². The number of rotatable bonds is 9. The molecule has 1 saturated heterocycles. The number of carbonyl (C=O) groups is 1. The van der Waals surface area contributed by atoms with Gasteiger partial charge in [0.25, 0.3) is 5.91 Å². The first-order valence-electron chi connectivity index (χ1n) is 12.5. The van der Waals surface area contributed by atoms with Crippen molar-refractivity contribution >= 4 is 21.5 Å². The van der Waals surface area contributed by atoms with Gasteiger partial charge in [-0.05, 0) is 48.4 Å². The second-order valence-corrected chi connectivity index (χ2v) is 11.8. The summed E-state index contributed by atoms with van der Waals surface area (Å²) in [6, 6.07) is 13.5. The molecule has 2 aromatic carbocycles. The number of hydrogen-bond donors (Lipinski definition) is 2. The molecule has 2 N–H and O–H groups in total. The van der Waals surface area contributed by atoms with E-state index in [2.05, 4.69) is 15.5 Å². The average Bonchev–Trinajstić information content (AvgIpc) is 2.91. The third kappa shape index (κ3) is 7.45. The summed E-state index contributed by atoms with van der Waals surface area (Å²) in [6.45, 7) is 3.62. The number of nitrogens with zero attached hydrogens (tertiary/aromatic N) is 3. The number of sulfone groups is 1. The van der Waals surface area contributed by atoms with Gasteiger partial charge in [-0.3, -0.25) is 14.7 Å². The molecule has 1 aliphatic rings. The minimum absolute atomic E-state index is 0.111. The highest BCUT2D eigenvalue weighted by Crippen LogP contribution is 2.32. The predicted molar refractivity (Wildman–Crippen MR) is 144 cm³/mol. The Morgan fingerprint density at radius 3 is 2.44 bits per heavy atom. The number of halogens is 2. The van der Waals surface area contributed by atoms with Crippen molar-refractivity contribution in [2.45, 2.75) is 19.3 Å². The summed E-state index contributed by atoms with van der Waals surface area (Å²) in [5.41, 5.74) is 2.93. The molecular formula is C28H30F2N4O4S. The van der Waals surface area contributed by atoms with Crippen molar-refractivity contribution in [3.05, 3.63) is 100 Å². The number of hydrogen-bond acceptors (Lipinski definition) is 7. The van der Waals surface area contributed by atoms with Crippen LogP contribution in [0.1, 0.15) is 45.1 Å². The average molecular weight is 557 g/mol. The molecule has 0 bridgehead atoms. The molecule has 1 aliphatic heterocycles. The maximum absolute atomic E-state index is 14.9. The van der Waals surface area contributed by atoms with Gasteiger partial charge in [0.1, 0.15) is 11.6 Å². The molecule has 1 atom stereocenters. The molecule has 4 rings (SSSR count). The topological polar surface area (TPSA) is 112 Å². The van der Waals surface area contributed by atoms with Gasteiger partial charge in [0.05, 0.1) is 17.2 Å². The quantitative estimate of drug-likeness (QED) is 0.237. The van der Waals surface area contributed by atoms with Gasteiger partial charge < -0.3 is 10.5 Å². The van der Waals surface area contributed by atoms with Crippen molar-refractivity contribution in [1.82, 2.24) is 15.2 Å². The highest BCUT2D eigenvalue weighted by atomic mass is 32.2. The van der Waals surface area contributed by atoms with Crippen LogP contribution in [0.2, 0.25) is 0 Å².